The zero-order valence-corrected chi connectivity index (χ0v) is 15.3. The lowest BCUT2D eigenvalue weighted by Crippen LogP contribution is -2.52. The summed E-state index contributed by atoms with van der Waals surface area (Å²) in [5.41, 5.74) is 3.23. The Hall–Kier alpha value is -3.42. The van der Waals surface area contributed by atoms with Gasteiger partial charge in [-0.3, -0.25) is 4.99 Å². The molecule has 0 unspecified atom stereocenters. The zero-order valence-electron chi connectivity index (χ0n) is 15.3. The Kier molecular flexibility index (Phi) is 3.78. The van der Waals surface area contributed by atoms with Gasteiger partial charge in [0.1, 0.15) is 5.84 Å². The average Bonchev–Trinajstić information content (AvgIpc) is 3.25. The molecule has 136 valence electrons. The fourth-order valence-corrected chi connectivity index (χ4v) is 4.45. The fraction of sp³-hybridized carbons (Fsp3) is 0.167. The molecule has 0 saturated carbocycles. The van der Waals surface area contributed by atoms with E-state index in [1.165, 1.54) is 0 Å². The minimum atomic E-state index is -1.27. The van der Waals surface area contributed by atoms with E-state index >= 15 is 0 Å². The predicted molar refractivity (Wildman–Crippen MR) is 108 cm³/mol. The molecule has 3 aromatic carbocycles. The molecule has 0 spiro atoms. The summed E-state index contributed by atoms with van der Waals surface area (Å²) in [7, 11) is 0. The summed E-state index contributed by atoms with van der Waals surface area (Å²) in [4.78, 5) is 6.94. The third kappa shape index (κ3) is 2.30. The summed E-state index contributed by atoms with van der Waals surface area (Å²) in [6, 6.07) is 27.7. The van der Waals surface area contributed by atoms with Crippen molar-refractivity contribution in [2.75, 3.05) is 13.1 Å². The molecule has 2 aliphatic rings. The summed E-state index contributed by atoms with van der Waals surface area (Å²) in [6.45, 7) is 1.41. The molecule has 0 amide bonds. The standard InChI is InChI=1S/C24H19N3O/c25-16-17-10-12-18(13-11-17)22-20-8-4-5-9-21(20)24(28,19-6-2-1-3-7-19)23-26-14-15-27(22)23/h1-13,22,28H,14-15H2/t22-,24-/m0/s1. The molecule has 0 fully saturated rings. The highest BCUT2D eigenvalue weighted by Gasteiger charge is 2.50. The van der Waals surface area contributed by atoms with Gasteiger partial charge in [-0.2, -0.15) is 5.26 Å². The molecular weight excluding hydrogens is 346 g/mol. The summed E-state index contributed by atoms with van der Waals surface area (Å²) in [5, 5.41) is 21.1. The van der Waals surface area contributed by atoms with Gasteiger partial charge < -0.3 is 10.0 Å². The van der Waals surface area contributed by atoms with Crippen LogP contribution in [-0.2, 0) is 5.60 Å². The van der Waals surface area contributed by atoms with E-state index in [2.05, 4.69) is 17.0 Å². The van der Waals surface area contributed by atoms with Crippen LogP contribution in [0.15, 0.2) is 83.9 Å². The third-order valence-electron chi connectivity index (χ3n) is 5.70. The molecular formula is C24H19N3O. The Morgan fingerprint density at radius 3 is 2.43 bits per heavy atom. The number of rotatable bonds is 2. The number of amidine groups is 1. The van der Waals surface area contributed by atoms with E-state index in [-0.39, 0.29) is 6.04 Å². The van der Waals surface area contributed by atoms with Crippen LogP contribution >= 0.6 is 0 Å². The maximum absolute atomic E-state index is 12.0. The summed E-state index contributed by atoms with van der Waals surface area (Å²) >= 11 is 0. The Morgan fingerprint density at radius 2 is 1.68 bits per heavy atom. The predicted octanol–water partition coefficient (Wildman–Crippen LogP) is 3.61. The fourth-order valence-electron chi connectivity index (χ4n) is 4.45. The minimum Gasteiger partial charge on any atom is -0.373 e. The first-order valence-corrected chi connectivity index (χ1v) is 9.42. The molecule has 0 saturated heterocycles. The number of hydrogen-bond acceptors (Lipinski definition) is 4. The van der Waals surface area contributed by atoms with Gasteiger partial charge in [-0.05, 0) is 28.8 Å². The number of fused-ring (bicyclic) bond motifs is 2. The Labute approximate surface area is 164 Å². The van der Waals surface area contributed by atoms with Crippen molar-refractivity contribution < 1.29 is 5.11 Å². The monoisotopic (exact) mass is 365 g/mol. The van der Waals surface area contributed by atoms with Gasteiger partial charge in [-0.15, -0.1) is 0 Å². The van der Waals surface area contributed by atoms with E-state index < -0.39 is 5.60 Å². The average molecular weight is 365 g/mol. The maximum Gasteiger partial charge on any atom is 0.172 e. The summed E-state index contributed by atoms with van der Waals surface area (Å²) in [5.74, 6) is 0.701. The number of nitriles is 1. The van der Waals surface area contributed by atoms with Crippen LogP contribution in [0, 0.1) is 11.3 Å². The minimum absolute atomic E-state index is 0.0332. The topological polar surface area (TPSA) is 59.6 Å². The van der Waals surface area contributed by atoms with Crippen LogP contribution < -0.4 is 0 Å². The SMILES string of the molecule is N#Cc1ccc([C@H]2c3ccccc3[C@@](O)(c3ccccc3)C3=NCCN32)cc1. The smallest absolute Gasteiger partial charge is 0.172 e. The van der Waals surface area contributed by atoms with Crippen molar-refractivity contribution in [2.24, 2.45) is 4.99 Å². The molecule has 4 heteroatoms. The second-order valence-electron chi connectivity index (χ2n) is 7.20. The van der Waals surface area contributed by atoms with E-state index in [0.717, 1.165) is 28.8 Å². The van der Waals surface area contributed by atoms with Gasteiger partial charge >= 0.3 is 0 Å². The van der Waals surface area contributed by atoms with Crippen molar-refractivity contribution in [1.29, 1.82) is 5.26 Å². The number of nitrogens with zero attached hydrogens (tertiary/aromatic N) is 3. The van der Waals surface area contributed by atoms with E-state index in [1.807, 2.05) is 72.8 Å². The Bertz CT molecular complexity index is 1100. The van der Waals surface area contributed by atoms with Gasteiger partial charge in [0.15, 0.2) is 5.60 Å². The lowest BCUT2D eigenvalue weighted by molar-refractivity contribution is 0.124. The molecule has 0 aromatic heterocycles. The van der Waals surface area contributed by atoms with Crippen LogP contribution in [0.1, 0.15) is 33.9 Å². The first-order chi connectivity index (χ1) is 13.7. The van der Waals surface area contributed by atoms with Crippen LogP contribution in [0.3, 0.4) is 0 Å². The van der Waals surface area contributed by atoms with E-state index in [9.17, 15) is 5.11 Å². The molecule has 3 aromatic rings. The van der Waals surface area contributed by atoms with Gasteiger partial charge in [0.25, 0.3) is 0 Å². The molecule has 0 aliphatic carbocycles. The van der Waals surface area contributed by atoms with Gasteiger partial charge in [0.2, 0.25) is 0 Å². The van der Waals surface area contributed by atoms with Crippen LogP contribution in [0.4, 0.5) is 0 Å². The van der Waals surface area contributed by atoms with E-state index in [0.29, 0.717) is 17.9 Å². The largest absolute Gasteiger partial charge is 0.373 e. The molecule has 1 N–H and O–H groups in total. The molecule has 5 rings (SSSR count). The Balaban J connectivity index is 1.75. The highest BCUT2D eigenvalue weighted by Crippen LogP contribution is 2.47. The molecule has 2 aliphatic heterocycles. The lowest BCUT2D eigenvalue weighted by atomic mass is 9.75. The molecule has 0 bridgehead atoms. The molecule has 2 atom stereocenters. The van der Waals surface area contributed by atoms with Gasteiger partial charge in [-0.1, -0.05) is 66.7 Å². The molecule has 0 radical (unpaired) electrons. The number of aliphatic hydroxyl groups is 1. The van der Waals surface area contributed by atoms with Crippen LogP contribution in [0.5, 0.6) is 0 Å². The quantitative estimate of drug-likeness (QED) is 0.755. The van der Waals surface area contributed by atoms with Crippen LogP contribution in [0.2, 0.25) is 0 Å². The Morgan fingerprint density at radius 1 is 0.964 bits per heavy atom. The van der Waals surface area contributed by atoms with Crippen molar-refractivity contribution in [3.8, 4) is 6.07 Å². The molecule has 2 heterocycles. The number of hydrogen-bond donors (Lipinski definition) is 1. The van der Waals surface area contributed by atoms with Gasteiger partial charge in [0.05, 0.1) is 24.2 Å². The van der Waals surface area contributed by atoms with Crippen LogP contribution in [0.25, 0.3) is 0 Å². The first-order valence-electron chi connectivity index (χ1n) is 9.42. The maximum atomic E-state index is 12.0. The van der Waals surface area contributed by atoms with Crippen molar-refractivity contribution >= 4 is 5.84 Å². The van der Waals surface area contributed by atoms with E-state index in [4.69, 9.17) is 10.3 Å². The van der Waals surface area contributed by atoms with Crippen molar-refractivity contribution in [2.45, 2.75) is 11.6 Å². The summed E-state index contributed by atoms with van der Waals surface area (Å²) in [6.07, 6.45) is 0. The van der Waals surface area contributed by atoms with Gasteiger partial charge in [-0.25, -0.2) is 0 Å². The third-order valence-corrected chi connectivity index (χ3v) is 5.70. The number of aliphatic imine (C=N–C) groups is 1. The van der Waals surface area contributed by atoms with Crippen molar-refractivity contribution in [3.63, 3.8) is 0 Å². The van der Waals surface area contributed by atoms with Crippen LogP contribution in [-0.4, -0.2) is 28.9 Å². The highest BCUT2D eigenvalue weighted by atomic mass is 16.3. The normalized spacial score (nSPS) is 22.8. The first kappa shape index (κ1) is 16.7. The molecule has 4 nitrogen and oxygen atoms in total. The van der Waals surface area contributed by atoms with E-state index in [1.54, 1.807) is 0 Å². The lowest BCUT2D eigenvalue weighted by Gasteiger charge is -2.45. The molecule has 28 heavy (non-hydrogen) atoms. The van der Waals surface area contributed by atoms with Crippen molar-refractivity contribution in [1.82, 2.24) is 4.90 Å². The second kappa shape index (κ2) is 6.33. The van der Waals surface area contributed by atoms with Gasteiger partial charge in [0, 0.05) is 12.1 Å². The summed E-state index contributed by atoms with van der Waals surface area (Å²) < 4.78 is 0. The number of benzene rings is 3. The van der Waals surface area contributed by atoms with Crippen molar-refractivity contribution in [3.05, 3.63) is 107 Å². The highest BCUT2D eigenvalue weighted by molar-refractivity contribution is 5.98. The second-order valence-corrected chi connectivity index (χ2v) is 7.20. The zero-order chi connectivity index (χ0) is 19.1.